The third-order valence-corrected chi connectivity index (χ3v) is 3.92. The van der Waals surface area contributed by atoms with Crippen LogP contribution in [-0.2, 0) is 13.0 Å². The molecule has 0 saturated heterocycles. The second-order valence-corrected chi connectivity index (χ2v) is 4.79. The Bertz CT molecular complexity index is 369. The molecule has 0 radical (unpaired) electrons. The van der Waals surface area contributed by atoms with Gasteiger partial charge in [0.25, 0.3) is 0 Å². The molecular formula is C13H18N2. The van der Waals surface area contributed by atoms with Gasteiger partial charge in [-0.3, -0.25) is 4.90 Å². The summed E-state index contributed by atoms with van der Waals surface area (Å²) in [6.45, 7) is 2.32. The highest BCUT2D eigenvalue weighted by molar-refractivity contribution is 5.51. The van der Waals surface area contributed by atoms with Gasteiger partial charge in [-0.15, -0.1) is 0 Å². The average molecular weight is 202 g/mol. The van der Waals surface area contributed by atoms with Crippen LogP contribution in [0, 0.1) is 0 Å². The largest absolute Gasteiger partial charge is 0.398 e. The first-order valence-corrected chi connectivity index (χ1v) is 5.95. The molecule has 1 heterocycles. The highest BCUT2D eigenvalue weighted by atomic mass is 15.2. The Kier molecular flexibility index (Phi) is 2.17. The molecule has 0 spiro atoms. The van der Waals surface area contributed by atoms with E-state index in [9.17, 15) is 0 Å². The third kappa shape index (κ3) is 1.53. The van der Waals surface area contributed by atoms with Gasteiger partial charge in [-0.1, -0.05) is 18.6 Å². The molecule has 0 aromatic heterocycles. The van der Waals surface area contributed by atoms with Crippen molar-refractivity contribution in [2.45, 2.75) is 38.3 Å². The van der Waals surface area contributed by atoms with Crippen molar-refractivity contribution in [2.24, 2.45) is 0 Å². The molecule has 15 heavy (non-hydrogen) atoms. The van der Waals surface area contributed by atoms with Gasteiger partial charge >= 0.3 is 0 Å². The molecule has 2 N–H and O–H groups in total. The van der Waals surface area contributed by atoms with Gasteiger partial charge in [0.05, 0.1) is 0 Å². The number of rotatable bonds is 1. The molecule has 2 aliphatic rings. The normalized spacial score (nSPS) is 22.1. The van der Waals surface area contributed by atoms with Crippen molar-refractivity contribution >= 4 is 5.69 Å². The SMILES string of the molecule is Nc1cccc2c1CCN(C1CCC1)C2. The molecule has 1 aromatic rings. The lowest BCUT2D eigenvalue weighted by Gasteiger charge is -2.40. The maximum Gasteiger partial charge on any atom is 0.0350 e. The van der Waals surface area contributed by atoms with Crippen LogP contribution in [0.1, 0.15) is 30.4 Å². The lowest BCUT2D eigenvalue weighted by molar-refractivity contribution is 0.113. The smallest absolute Gasteiger partial charge is 0.0350 e. The van der Waals surface area contributed by atoms with E-state index >= 15 is 0 Å². The van der Waals surface area contributed by atoms with Gasteiger partial charge in [0.1, 0.15) is 0 Å². The zero-order valence-electron chi connectivity index (χ0n) is 9.08. The summed E-state index contributed by atoms with van der Waals surface area (Å²) in [6.07, 6.45) is 5.36. The van der Waals surface area contributed by atoms with E-state index in [1.165, 1.54) is 36.9 Å². The van der Waals surface area contributed by atoms with E-state index in [-0.39, 0.29) is 0 Å². The Hall–Kier alpha value is -1.02. The van der Waals surface area contributed by atoms with Crippen molar-refractivity contribution in [3.05, 3.63) is 29.3 Å². The molecule has 2 nitrogen and oxygen atoms in total. The van der Waals surface area contributed by atoms with Gasteiger partial charge in [0.15, 0.2) is 0 Å². The Morgan fingerprint density at radius 3 is 2.87 bits per heavy atom. The van der Waals surface area contributed by atoms with Gasteiger partial charge in [0.2, 0.25) is 0 Å². The molecule has 0 atom stereocenters. The van der Waals surface area contributed by atoms with Crippen LogP contribution in [-0.4, -0.2) is 17.5 Å². The Morgan fingerprint density at radius 1 is 1.27 bits per heavy atom. The molecule has 0 unspecified atom stereocenters. The van der Waals surface area contributed by atoms with Crippen molar-refractivity contribution in [3.63, 3.8) is 0 Å². The third-order valence-electron chi connectivity index (χ3n) is 3.92. The second kappa shape index (κ2) is 3.53. The summed E-state index contributed by atoms with van der Waals surface area (Å²) < 4.78 is 0. The van der Waals surface area contributed by atoms with Crippen molar-refractivity contribution in [1.82, 2.24) is 4.90 Å². The topological polar surface area (TPSA) is 29.3 Å². The van der Waals surface area contributed by atoms with Crippen LogP contribution >= 0.6 is 0 Å². The first kappa shape index (κ1) is 9.22. The van der Waals surface area contributed by atoms with Crippen molar-refractivity contribution in [1.29, 1.82) is 0 Å². The Balaban J connectivity index is 1.83. The van der Waals surface area contributed by atoms with E-state index in [1.54, 1.807) is 0 Å². The summed E-state index contributed by atoms with van der Waals surface area (Å²) in [7, 11) is 0. The molecule has 0 bridgehead atoms. The molecule has 1 saturated carbocycles. The molecular weight excluding hydrogens is 184 g/mol. The van der Waals surface area contributed by atoms with E-state index in [4.69, 9.17) is 5.73 Å². The number of nitrogens with two attached hydrogens (primary N) is 1. The second-order valence-electron chi connectivity index (χ2n) is 4.79. The summed E-state index contributed by atoms with van der Waals surface area (Å²) in [5.41, 5.74) is 9.83. The van der Waals surface area contributed by atoms with Crippen LogP contribution in [0.5, 0.6) is 0 Å². The lowest BCUT2D eigenvalue weighted by atomic mass is 9.88. The zero-order valence-corrected chi connectivity index (χ0v) is 9.08. The monoisotopic (exact) mass is 202 g/mol. The zero-order chi connectivity index (χ0) is 10.3. The fourth-order valence-corrected chi connectivity index (χ4v) is 2.72. The van der Waals surface area contributed by atoms with Crippen LogP contribution in [0.15, 0.2) is 18.2 Å². The van der Waals surface area contributed by atoms with E-state index < -0.39 is 0 Å². The predicted octanol–water partition coefficient (Wildman–Crippen LogP) is 2.18. The first-order chi connectivity index (χ1) is 7.34. The first-order valence-electron chi connectivity index (χ1n) is 5.95. The number of benzene rings is 1. The predicted molar refractivity (Wildman–Crippen MR) is 62.6 cm³/mol. The molecule has 1 aliphatic heterocycles. The maximum absolute atomic E-state index is 5.99. The number of nitrogen functional groups attached to an aromatic ring is 1. The summed E-state index contributed by atoms with van der Waals surface area (Å²) in [6, 6.07) is 7.20. The summed E-state index contributed by atoms with van der Waals surface area (Å²) in [5, 5.41) is 0. The molecule has 1 fully saturated rings. The van der Waals surface area contributed by atoms with Gasteiger partial charge in [0, 0.05) is 24.8 Å². The highest BCUT2D eigenvalue weighted by Crippen LogP contribution is 2.31. The van der Waals surface area contributed by atoms with Gasteiger partial charge in [-0.25, -0.2) is 0 Å². The summed E-state index contributed by atoms with van der Waals surface area (Å²) in [5.74, 6) is 0. The number of fused-ring (bicyclic) bond motifs is 1. The van der Waals surface area contributed by atoms with Crippen LogP contribution in [0.2, 0.25) is 0 Å². The van der Waals surface area contributed by atoms with E-state index in [2.05, 4.69) is 17.0 Å². The number of hydrogen-bond acceptors (Lipinski definition) is 2. The number of nitrogens with zero attached hydrogens (tertiary/aromatic N) is 1. The van der Waals surface area contributed by atoms with E-state index in [1.807, 2.05) is 6.07 Å². The molecule has 80 valence electrons. The lowest BCUT2D eigenvalue weighted by Crippen LogP contribution is -2.43. The van der Waals surface area contributed by atoms with Crippen LogP contribution in [0.3, 0.4) is 0 Å². The highest BCUT2D eigenvalue weighted by Gasteiger charge is 2.28. The maximum atomic E-state index is 5.99. The average Bonchev–Trinajstić information content (AvgIpc) is 2.15. The molecule has 1 aromatic carbocycles. The number of hydrogen-bond donors (Lipinski definition) is 1. The van der Waals surface area contributed by atoms with Gasteiger partial charge in [-0.05, 0) is 36.5 Å². The molecule has 2 heteroatoms. The van der Waals surface area contributed by atoms with Gasteiger partial charge in [-0.2, -0.15) is 0 Å². The van der Waals surface area contributed by atoms with Crippen LogP contribution in [0.25, 0.3) is 0 Å². The quantitative estimate of drug-likeness (QED) is 0.707. The molecule has 3 rings (SSSR count). The minimum absolute atomic E-state index is 0.861. The fourth-order valence-electron chi connectivity index (χ4n) is 2.72. The minimum atomic E-state index is 0.861. The summed E-state index contributed by atoms with van der Waals surface area (Å²) in [4.78, 5) is 2.63. The standard InChI is InChI=1S/C13H18N2/c14-13-6-1-3-10-9-15(8-7-12(10)13)11-4-2-5-11/h1,3,6,11H,2,4-5,7-9,14H2. The summed E-state index contributed by atoms with van der Waals surface area (Å²) >= 11 is 0. The Labute approximate surface area is 91.1 Å². The van der Waals surface area contributed by atoms with Crippen LogP contribution < -0.4 is 5.73 Å². The molecule has 0 amide bonds. The molecule has 1 aliphatic carbocycles. The number of anilines is 1. The van der Waals surface area contributed by atoms with E-state index in [0.29, 0.717) is 0 Å². The fraction of sp³-hybridized carbons (Fsp3) is 0.538. The van der Waals surface area contributed by atoms with Crippen LogP contribution in [0.4, 0.5) is 5.69 Å². The van der Waals surface area contributed by atoms with Crippen molar-refractivity contribution in [2.75, 3.05) is 12.3 Å². The van der Waals surface area contributed by atoms with Crippen molar-refractivity contribution in [3.8, 4) is 0 Å². The van der Waals surface area contributed by atoms with Gasteiger partial charge < -0.3 is 5.73 Å². The van der Waals surface area contributed by atoms with Crippen molar-refractivity contribution < 1.29 is 0 Å². The minimum Gasteiger partial charge on any atom is -0.398 e. The Morgan fingerprint density at radius 2 is 2.13 bits per heavy atom. The van der Waals surface area contributed by atoms with E-state index in [0.717, 1.165) is 24.7 Å².